The normalized spacial score (nSPS) is 11.0. The summed E-state index contributed by atoms with van der Waals surface area (Å²) < 4.78 is 33.7. The number of hydrogen-bond acceptors (Lipinski definition) is 1. The highest BCUT2D eigenvalue weighted by Gasteiger charge is 2.26. The molecule has 0 saturated heterocycles. The second kappa shape index (κ2) is 5.44. The second-order valence-electron chi connectivity index (χ2n) is 4.69. The Bertz CT molecular complexity index is 664. The maximum Gasteiger partial charge on any atom is 0.134 e. The van der Waals surface area contributed by atoms with Crippen LogP contribution in [0.15, 0.2) is 48.8 Å². The standard InChI is InChI=1S/C16H14F2N2O/c1-21-10-8-11(17)15(12(18)9-10)16(13-4-2-6-19-13)14-5-3-7-20-14/h2-9,16,19-20H,1H3. The summed E-state index contributed by atoms with van der Waals surface area (Å²) in [5, 5.41) is 0. The number of H-pyrrole nitrogens is 2. The van der Waals surface area contributed by atoms with Crippen LogP contribution < -0.4 is 4.74 Å². The fraction of sp³-hybridized carbons (Fsp3) is 0.125. The van der Waals surface area contributed by atoms with Crippen molar-refractivity contribution in [1.82, 2.24) is 9.97 Å². The van der Waals surface area contributed by atoms with Crippen molar-refractivity contribution in [2.75, 3.05) is 7.11 Å². The summed E-state index contributed by atoms with van der Waals surface area (Å²) >= 11 is 0. The number of nitrogens with one attached hydrogen (secondary N) is 2. The molecule has 2 N–H and O–H groups in total. The molecule has 0 atom stereocenters. The first-order chi connectivity index (χ1) is 10.2. The lowest BCUT2D eigenvalue weighted by atomic mass is 9.91. The molecule has 2 aromatic heterocycles. The number of aromatic amines is 2. The molecule has 0 amide bonds. The largest absolute Gasteiger partial charge is 0.497 e. The van der Waals surface area contributed by atoms with Crippen LogP contribution in [0.5, 0.6) is 5.75 Å². The molecular formula is C16H14F2N2O. The van der Waals surface area contributed by atoms with Gasteiger partial charge in [-0.1, -0.05) is 0 Å². The molecule has 0 aliphatic rings. The van der Waals surface area contributed by atoms with Gasteiger partial charge in [-0.15, -0.1) is 0 Å². The minimum absolute atomic E-state index is 0.0132. The fourth-order valence-corrected chi connectivity index (χ4v) is 2.48. The quantitative estimate of drug-likeness (QED) is 0.753. The number of benzene rings is 1. The Hall–Kier alpha value is -2.56. The molecule has 0 bridgehead atoms. The van der Waals surface area contributed by atoms with Crippen LogP contribution in [0.4, 0.5) is 8.78 Å². The van der Waals surface area contributed by atoms with E-state index in [1.54, 1.807) is 36.7 Å². The van der Waals surface area contributed by atoms with Crippen molar-refractivity contribution in [1.29, 1.82) is 0 Å². The first-order valence-corrected chi connectivity index (χ1v) is 6.50. The predicted molar refractivity (Wildman–Crippen MR) is 75.4 cm³/mol. The molecule has 0 unspecified atom stereocenters. The first kappa shape index (κ1) is 13.4. The number of rotatable bonds is 4. The molecule has 0 saturated carbocycles. The van der Waals surface area contributed by atoms with Gasteiger partial charge in [0.1, 0.15) is 17.4 Å². The maximum atomic E-state index is 14.4. The minimum atomic E-state index is -0.638. The lowest BCUT2D eigenvalue weighted by molar-refractivity contribution is 0.405. The second-order valence-corrected chi connectivity index (χ2v) is 4.69. The monoisotopic (exact) mass is 288 g/mol. The third kappa shape index (κ3) is 2.42. The first-order valence-electron chi connectivity index (χ1n) is 6.50. The predicted octanol–water partition coefficient (Wildman–Crippen LogP) is 3.81. The lowest BCUT2D eigenvalue weighted by Crippen LogP contribution is -2.09. The van der Waals surface area contributed by atoms with Gasteiger partial charge in [0.15, 0.2) is 0 Å². The van der Waals surface area contributed by atoms with Crippen LogP contribution in [-0.2, 0) is 0 Å². The number of ether oxygens (including phenoxy) is 1. The van der Waals surface area contributed by atoms with Gasteiger partial charge in [0.25, 0.3) is 0 Å². The van der Waals surface area contributed by atoms with Crippen molar-refractivity contribution in [3.8, 4) is 5.75 Å². The molecule has 0 aliphatic heterocycles. The minimum Gasteiger partial charge on any atom is -0.497 e. The highest BCUT2D eigenvalue weighted by molar-refractivity contribution is 5.42. The summed E-state index contributed by atoms with van der Waals surface area (Å²) in [4.78, 5) is 6.04. The number of halogens is 2. The highest BCUT2D eigenvalue weighted by Crippen LogP contribution is 2.35. The average Bonchev–Trinajstić information content (AvgIpc) is 3.15. The van der Waals surface area contributed by atoms with E-state index in [-0.39, 0.29) is 11.3 Å². The molecule has 0 fully saturated rings. The summed E-state index contributed by atoms with van der Waals surface area (Å²) in [5.41, 5.74) is 1.40. The van der Waals surface area contributed by atoms with Crippen LogP contribution >= 0.6 is 0 Å². The Labute approximate surface area is 120 Å². The van der Waals surface area contributed by atoms with Gasteiger partial charge in [-0.05, 0) is 24.3 Å². The van der Waals surface area contributed by atoms with Crippen LogP contribution in [-0.4, -0.2) is 17.1 Å². The zero-order valence-corrected chi connectivity index (χ0v) is 11.4. The molecule has 1 aromatic carbocycles. The van der Waals surface area contributed by atoms with Gasteiger partial charge in [0.05, 0.1) is 13.0 Å². The molecule has 21 heavy (non-hydrogen) atoms. The molecule has 5 heteroatoms. The zero-order valence-electron chi connectivity index (χ0n) is 11.4. The van der Waals surface area contributed by atoms with Crippen LogP contribution in [0, 0.1) is 11.6 Å². The Kier molecular flexibility index (Phi) is 3.48. The molecule has 0 spiro atoms. The lowest BCUT2D eigenvalue weighted by Gasteiger charge is -2.17. The topological polar surface area (TPSA) is 40.8 Å². The van der Waals surface area contributed by atoms with Crippen LogP contribution in [0.3, 0.4) is 0 Å². The average molecular weight is 288 g/mol. The Morgan fingerprint density at radius 3 is 1.86 bits per heavy atom. The SMILES string of the molecule is COc1cc(F)c(C(c2ccc[nH]2)c2ccc[nH]2)c(F)c1. The van der Waals surface area contributed by atoms with Crippen molar-refractivity contribution in [2.24, 2.45) is 0 Å². The fourth-order valence-electron chi connectivity index (χ4n) is 2.48. The summed E-state index contributed by atoms with van der Waals surface area (Å²) in [6, 6.07) is 9.58. The number of hydrogen-bond donors (Lipinski definition) is 2. The van der Waals surface area contributed by atoms with Crippen molar-refractivity contribution in [2.45, 2.75) is 5.92 Å². The number of aromatic nitrogens is 2. The maximum absolute atomic E-state index is 14.4. The van der Waals surface area contributed by atoms with E-state index in [1.165, 1.54) is 19.2 Å². The van der Waals surface area contributed by atoms with Crippen LogP contribution in [0.1, 0.15) is 22.9 Å². The summed E-state index contributed by atoms with van der Waals surface area (Å²) in [5.74, 6) is -1.69. The van der Waals surface area contributed by atoms with E-state index < -0.39 is 17.6 Å². The molecule has 0 radical (unpaired) electrons. The molecule has 2 heterocycles. The molecule has 108 valence electrons. The van der Waals surface area contributed by atoms with Gasteiger partial charge in [-0.25, -0.2) is 8.78 Å². The Morgan fingerprint density at radius 1 is 0.952 bits per heavy atom. The van der Waals surface area contributed by atoms with Crippen molar-refractivity contribution in [3.63, 3.8) is 0 Å². The van der Waals surface area contributed by atoms with E-state index in [0.717, 1.165) is 0 Å². The third-order valence-corrected chi connectivity index (χ3v) is 3.44. The molecule has 3 nitrogen and oxygen atoms in total. The van der Waals surface area contributed by atoms with Gasteiger partial charge >= 0.3 is 0 Å². The molecular weight excluding hydrogens is 274 g/mol. The van der Waals surface area contributed by atoms with Gasteiger partial charge in [-0.2, -0.15) is 0 Å². The van der Waals surface area contributed by atoms with Gasteiger partial charge in [0, 0.05) is 41.5 Å². The van der Waals surface area contributed by atoms with Crippen molar-refractivity contribution >= 4 is 0 Å². The highest BCUT2D eigenvalue weighted by atomic mass is 19.1. The van der Waals surface area contributed by atoms with Crippen LogP contribution in [0.2, 0.25) is 0 Å². The van der Waals surface area contributed by atoms with Gasteiger partial charge < -0.3 is 14.7 Å². The van der Waals surface area contributed by atoms with Crippen LogP contribution in [0.25, 0.3) is 0 Å². The van der Waals surface area contributed by atoms with E-state index in [1.807, 2.05) is 0 Å². The molecule has 3 rings (SSSR count). The van der Waals surface area contributed by atoms with Gasteiger partial charge in [0.2, 0.25) is 0 Å². The van der Waals surface area contributed by atoms with E-state index in [9.17, 15) is 8.78 Å². The zero-order chi connectivity index (χ0) is 14.8. The summed E-state index contributed by atoms with van der Waals surface area (Å²) in [6.07, 6.45) is 3.45. The third-order valence-electron chi connectivity index (χ3n) is 3.44. The molecule has 0 aliphatic carbocycles. The van der Waals surface area contributed by atoms with Crippen molar-refractivity contribution in [3.05, 3.63) is 77.4 Å². The van der Waals surface area contributed by atoms with Crippen molar-refractivity contribution < 1.29 is 13.5 Å². The summed E-state index contributed by atoms with van der Waals surface area (Å²) in [7, 11) is 1.38. The number of methoxy groups -OCH3 is 1. The van der Waals surface area contributed by atoms with Gasteiger partial charge in [-0.3, -0.25) is 0 Å². The van der Waals surface area contributed by atoms with E-state index in [4.69, 9.17) is 4.74 Å². The summed E-state index contributed by atoms with van der Waals surface area (Å²) in [6.45, 7) is 0. The smallest absolute Gasteiger partial charge is 0.134 e. The Morgan fingerprint density at radius 2 is 1.48 bits per heavy atom. The van der Waals surface area contributed by atoms with E-state index in [2.05, 4.69) is 9.97 Å². The van der Waals surface area contributed by atoms with E-state index in [0.29, 0.717) is 11.4 Å². The molecule has 3 aromatic rings. The Balaban J connectivity index is 2.18. The van der Waals surface area contributed by atoms with E-state index >= 15 is 0 Å².